The van der Waals surface area contributed by atoms with E-state index in [0.717, 1.165) is 27.7 Å². The predicted octanol–water partition coefficient (Wildman–Crippen LogP) is 4.20. The van der Waals surface area contributed by atoms with E-state index in [1.54, 1.807) is 0 Å². The van der Waals surface area contributed by atoms with E-state index in [0.29, 0.717) is 0 Å². The van der Waals surface area contributed by atoms with Crippen LogP contribution in [0, 0.1) is 6.92 Å². The molecule has 2 aromatic rings. The van der Waals surface area contributed by atoms with Gasteiger partial charge in [-0.1, -0.05) is 12.1 Å². The molecule has 94 valence electrons. The predicted molar refractivity (Wildman–Crippen MR) is 81.4 cm³/mol. The molecule has 0 spiro atoms. The van der Waals surface area contributed by atoms with Crippen LogP contribution in [0.3, 0.4) is 0 Å². The molecular formula is C14H14Br2N2. The first kappa shape index (κ1) is 13.7. The third-order valence-electron chi connectivity index (χ3n) is 2.72. The molecule has 0 saturated carbocycles. The second-order valence-corrected chi connectivity index (χ2v) is 5.83. The lowest BCUT2D eigenvalue weighted by molar-refractivity contribution is 0.676. The van der Waals surface area contributed by atoms with Crippen LogP contribution in [0.15, 0.2) is 45.5 Å². The summed E-state index contributed by atoms with van der Waals surface area (Å²) in [5.41, 5.74) is 3.58. The summed E-state index contributed by atoms with van der Waals surface area (Å²) in [5, 5.41) is 3.41. The van der Waals surface area contributed by atoms with E-state index in [1.165, 1.54) is 11.1 Å². The van der Waals surface area contributed by atoms with Gasteiger partial charge in [-0.05, 0) is 68.1 Å². The van der Waals surface area contributed by atoms with Crippen LogP contribution in [0.4, 0.5) is 0 Å². The molecule has 18 heavy (non-hydrogen) atoms. The molecule has 2 rings (SSSR count). The van der Waals surface area contributed by atoms with Gasteiger partial charge in [0.1, 0.15) is 0 Å². The summed E-state index contributed by atoms with van der Waals surface area (Å²) in [5.74, 6) is 0. The SMILES string of the molecule is Cc1cccnc1CNCc1ccc(Br)c(Br)c1. The van der Waals surface area contributed by atoms with Gasteiger partial charge in [0, 0.05) is 28.2 Å². The molecule has 0 unspecified atom stereocenters. The first-order valence-corrected chi connectivity index (χ1v) is 7.30. The Labute approximate surface area is 124 Å². The molecule has 0 radical (unpaired) electrons. The topological polar surface area (TPSA) is 24.9 Å². The number of rotatable bonds is 4. The van der Waals surface area contributed by atoms with Crippen molar-refractivity contribution in [2.45, 2.75) is 20.0 Å². The van der Waals surface area contributed by atoms with Gasteiger partial charge in [0.2, 0.25) is 0 Å². The Balaban J connectivity index is 1.92. The first-order chi connectivity index (χ1) is 8.66. The fraction of sp³-hybridized carbons (Fsp3) is 0.214. The maximum atomic E-state index is 4.36. The number of benzene rings is 1. The Morgan fingerprint density at radius 2 is 1.94 bits per heavy atom. The fourth-order valence-corrected chi connectivity index (χ4v) is 2.35. The van der Waals surface area contributed by atoms with Gasteiger partial charge in [-0.25, -0.2) is 0 Å². The summed E-state index contributed by atoms with van der Waals surface area (Å²) < 4.78 is 2.16. The smallest absolute Gasteiger partial charge is 0.0570 e. The van der Waals surface area contributed by atoms with Gasteiger partial charge >= 0.3 is 0 Å². The third-order valence-corrected chi connectivity index (χ3v) is 4.60. The Hall–Kier alpha value is -0.710. The van der Waals surface area contributed by atoms with Crippen molar-refractivity contribution in [1.82, 2.24) is 10.3 Å². The summed E-state index contributed by atoms with van der Waals surface area (Å²) in [4.78, 5) is 4.36. The number of aromatic nitrogens is 1. The van der Waals surface area contributed by atoms with Gasteiger partial charge in [0.25, 0.3) is 0 Å². The molecule has 1 N–H and O–H groups in total. The minimum Gasteiger partial charge on any atom is -0.307 e. The zero-order valence-electron chi connectivity index (χ0n) is 10.1. The van der Waals surface area contributed by atoms with E-state index < -0.39 is 0 Å². The summed E-state index contributed by atoms with van der Waals surface area (Å²) in [6.07, 6.45) is 1.83. The first-order valence-electron chi connectivity index (χ1n) is 5.72. The molecule has 0 bridgehead atoms. The van der Waals surface area contributed by atoms with E-state index in [9.17, 15) is 0 Å². The minimum absolute atomic E-state index is 0.792. The van der Waals surface area contributed by atoms with Crippen molar-refractivity contribution in [2.24, 2.45) is 0 Å². The highest BCUT2D eigenvalue weighted by molar-refractivity contribution is 9.13. The summed E-state index contributed by atoms with van der Waals surface area (Å²) in [7, 11) is 0. The lowest BCUT2D eigenvalue weighted by atomic mass is 10.2. The van der Waals surface area contributed by atoms with Crippen molar-refractivity contribution in [1.29, 1.82) is 0 Å². The lowest BCUT2D eigenvalue weighted by Gasteiger charge is -2.07. The lowest BCUT2D eigenvalue weighted by Crippen LogP contribution is -2.14. The number of pyridine rings is 1. The largest absolute Gasteiger partial charge is 0.307 e. The standard InChI is InChI=1S/C14H14Br2N2/c1-10-3-2-6-18-14(10)9-17-8-11-4-5-12(15)13(16)7-11/h2-7,17H,8-9H2,1H3. The highest BCUT2D eigenvalue weighted by atomic mass is 79.9. The van der Waals surface area contributed by atoms with E-state index in [2.05, 4.69) is 67.3 Å². The van der Waals surface area contributed by atoms with Gasteiger partial charge in [-0.15, -0.1) is 0 Å². The highest BCUT2D eigenvalue weighted by Crippen LogP contribution is 2.23. The zero-order chi connectivity index (χ0) is 13.0. The molecular weight excluding hydrogens is 356 g/mol. The van der Waals surface area contributed by atoms with Crippen LogP contribution in [0.5, 0.6) is 0 Å². The van der Waals surface area contributed by atoms with Crippen LogP contribution >= 0.6 is 31.9 Å². The molecule has 2 nitrogen and oxygen atoms in total. The molecule has 4 heteroatoms. The molecule has 0 aliphatic carbocycles. The summed E-state index contributed by atoms with van der Waals surface area (Å²) in [6, 6.07) is 10.3. The number of hydrogen-bond donors (Lipinski definition) is 1. The zero-order valence-corrected chi connectivity index (χ0v) is 13.3. The molecule has 0 aliphatic rings. The van der Waals surface area contributed by atoms with Crippen molar-refractivity contribution in [3.8, 4) is 0 Å². The molecule has 0 amide bonds. The molecule has 1 heterocycles. The maximum absolute atomic E-state index is 4.36. The van der Waals surface area contributed by atoms with E-state index in [4.69, 9.17) is 0 Å². The van der Waals surface area contributed by atoms with Crippen molar-refractivity contribution < 1.29 is 0 Å². The van der Waals surface area contributed by atoms with Gasteiger partial charge in [0.05, 0.1) is 5.69 Å². The number of hydrogen-bond acceptors (Lipinski definition) is 2. The van der Waals surface area contributed by atoms with Crippen LogP contribution in [-0.2, 0) is 13.1 Å². The number of nitrogens with zero attached hydrogens (tertiary/aromatic N) is 1. The maximum Gasteiger partial charge on any atom is 0.0570 e. The fourth-order valence-electron chi connectivity index (χ4n) is 1.68. The van der Waals surface area contributed by atoms with E-state index >= 15 is 0 Å². The Bertz CT molecular complexity index is 541. The van der Waals surface area contributed by atoms with Gasteiger partial charge in [-0.2, -0.15) is 0 Å². The van der Waals surface area contributed by atoms with Crippen LogP contribution in [-0.4, -0.2) is 4.98 Å². The van der Waals surface area contributed by atoms with Crippen molar-refractivity contribution in [3.05, 3.63) is 62.3 Å². The van der Waals surface area contributed by atoms with Crippen molar-refractivity contribution >= 4 is 31.9 Å². The van der Waals surface area contributed by atoms with Crippen LogP contribution in [0.25, 0.3) is 0 Å². The molecule has 0 atom stereocenters. The Morgan fingerprint density at radius 1 is 1.11 bits per heavy atom. The van der Waals surface area contributed by atoms with Crippen LogP contribution in [0.2, 0.25) is 0 Å². The molecule has 1 aromatic carbocycles. The Morgan fingerprint density at radius 3 is 2.67 bits per heavy atom. The highest BCUT2D eigenvalue weighted by Gasteiger charge is 2.00. The van der Waals surface area contributed by atoms with E-state index in [1.807, 2.05) is 18.3 Å². The minimum atomic E-state index is 0.792. The monoisotopic (exact) mass is 368 g/mol. The number of aryl methyl sites for hydroxylation is 1. The molecule has 1 aromatic heterocycles. The van der Waals surface area contributed by atoms with Crippen LogP contribution < -0.4 is 5.32 Å². The summed E-state index contributed by atoms with van der Waals surface area (Å²) in [6.45, 7) is 3.71. The second-order valence-electron chi connectivity index (χ2n) is 4.12. The number of nitrogens with one attached hydrogen (secondary N) is 1. The van der Waals surface area contributed by atoms with Crippen LogP contribution in [0.1, 0.15) is 16.8 Å². The molecule has 0 aliphatic heterocycles. The molecule has 0 saturated heterocycles. The van der Waals surface area contributed by atoms with Gasteiger partial charge in [0.15, 0.2) is 0 Å². The average Bonchev–Trinajstić information content (AvgIpc) is 2.36. The van der Waals surface area contributed by atoms with Crippen molar-refractivity contribution in [2.75, 3.05) is 0 Å². The third kappa shape index (κ3) is 3.64. The van der Waals surface area contributed by atoms with Gasteiger partial charge in [-0.3, -0.25) is 4.98 Å². The molecule has 0 fully saturated rings. The van der Waals surface area contributed by atoms with Gasteiger partial charge < -0.3 is 5.32 Å². The van der Waals surface area contributed by atoms with E-state index in [-0.39, 0.29) is 0 Å². The quantitative estimate of drug-likeness (QED) is 0.873. The Kier molecular flexibility index (Phi) is 4.92. The average molecular weight is 370 g/mol. The second kappa shape index (κ2) is 6.45. The summed E-state index contributed by atoms with van der Waals surface area (Å²) >= 11 is 6.97. The number of halogens is 2. The van der Waals surface area contributed by atoms with Crippen molar-refractivity contribution in [3.63, 3.8) is 0 Å². The normalized spacial score (nSPS) is 10.6.